The highest BCUT2D eigenvalue weighted by Crippen LogP contribution is 2.39. The molecule has 0 saturated carbocycles. The molecule has 2 heterocycles. The largest absolute Gasteiger partial charge is 0.385 e. The number of methoxy groups -OCH3 is 1. The number of thiophene rings is 1. The second-order valence-corrected chi connectivity index (χ2v) is 7.60. The third-order valence-corrected chi connectivity index (χ3v) is 5.42. The summed E-state index contributed by atoms with van der Waals surface area (Å²) < 4.78 is 5.20. The Morgan fingerprint density at radius 1 is 1.33 bits per heavy atom. The monoisotopic (exact) mass is 305 g/mol. The molecule has 0 amide bonds. The zero-order chi connectivity index (χ0) is 14.9. The van der Waals surface area contributed by atoms with Gasteiger partial charge in [0.15, 0.2) is 0 Å². The molecule has 0 fully saturated rings. The van der Waals surface area contributed by atoms with Gasteiger partial charge in [-0.05, 0) is 36.7 Å². The van der Waals surface area contributed by atoms with Crippen LogP contribution in [0.2, 0.25) is 0 Å². The van der Waals surface area contributed by atoms with E-state index in [4.69, 9.17) is 4.74 Å². The minimum Gasteiger partial charge on any atom is -0.385 e. The number of hydrogen-bond donors (Lipinski definition) is 1. The van der Waals surface area contributed by atoms with E-state index in [1.165, 1.54) is 35.1 Å². The number of aromatic nitrogens is 2. The van der Waals surface area contributed by atoms with Gasteiger partial charge in [-0.25, -0.2) is 9.97 Å². The van der Waals surface area contributed by atoms with Crippen LogP contribution in [0.25, 0.3) is 10.2 Å². The average molecular weight is 305 g/mol. The number of ether oxygens (including phenoxy) is 1. The van der Waals surface area contributed by atoms with Gasteiger partial charge in [-0.15, -0.1) is 11.3 Å². The van der Waals surface area contributed by atoms with E-state index >= 15 is 0 Å². The van der Waals surface area contributed by atoms with Gasteiger partial charge in [0.25, 0.3) is 0 Å². The van der Waals surface area contributed by atoms with E-state index in [0.29, 0.717) is 0 Å². The van der Waals surface area contributed by atoms with E-state index < -0.39 is 0 Å². The topological polar surface area (TPSA) is 47.0 Å². The second kappa shape index (κ2) is 5.89. The normalized spacial score (nSPS) is 14.6. The van der Waals surface area contributed by atoms with E-state index in [0.717, 1.165) is 30.2 Å². The molecule has 0 radical (unpaired) electrons. The van der Waals surface area contributed by atoms with Crippen molar-refractivity contribution >= 4 is 27.4 Å². The first kappa shape index (κ1) is 14.7. The van der Waals surface area contributed by atoms with Crippen LogP contribution in [0.3, 0.4) is 0 Å². The first-order chi connectivity index (χ1) is 10.1. The van der Waals surface area contributed by atoms with E-state index in [1.807, 2.05) is 11.3 Å². The summed E-state index contributed by atoms with van der Waals surface area (Å²) in [5.74, 6) is 1.00. The Hall–Kier alpha value is -1.20. The maximum absolute atomic E-state index is 5.20. The lowest BCUT2D eigenvalue weighted by atomic mass is 9.89. The van der Waals surface area contributed by atoms with Crippen LogP contribution >= 0.6 is 11.3 Å². The Bertz CT molecular complexity index is 636. The number of rotatable bonds is 6. The van der Waals surface area contributed by atoms with Crippen LogP contribution in [-0.4, -0.2) is 30.2 Å². The predicted octanol–water partition coefficient (Wildman–Crippen LogP) is 3.65. The van der Waals surface area contributed by atoms with Crippen molar-refractivity contribution in [2.45, 2.75) is 39.5 Å². The number of nitrogens with zero attached hydrogens (tertiary/aromatic N) is 2. The van der Waals surface area contributed by atoms with Crippen LogP contribution in [-0.2, 0) is 17.6 Å². The van der Waals surface area contributed by atoms with Crippen molar-refractivity contribution in [2.75, 3.05) is 25.6 Å². The summed E-state index contributed by atoms with van der Waals surface area (Å²) >= 11 is 1.84. The van der Waals surface area contributed by atoms with Crippen molar-refractivity contribution in [1.29, 1.82) is 0 Å². The lowest BCUT2D eigenvalue weighted by Gasteiger charge is -2.25. The quantitative estimate of drug-likeness (QED) is 0.885. The third kappa shape index (κ3) is 3.04. The number of fused-ring (bicyclic) bond motifs is 3. The minimum atomic E-state index is 0.187. The van der Waals surface area contributed by atoms with E-state index in [2.05, 4.69) is 29.1 Å². The molecule has 5 heteroatoms. The Labute approximate surface area is 129 Å². The summed E-state index contributed by atoms with van der Waals surface area (Å²) in [6, 6.07) is 0. The van der Waals surface area contributed by atoms with E-state index in [1.54, 1.807) is 13.4 Å². The zero-order valence-corrected chi connectivity index (χ0v) is 13.8. The fraction of sp³-hybridized carbons (Fsp3) is 0.625. The van der Waals surface area contributed by atoms with Crippen molar-refractivity contribution in [3.8, 4) is 0 Å². The van der Waals surface area contributed by atoms with Gasteiger partial charge >= 0.3 is 0 Å². The van der Waals surface area contributed by atoms with Crippen LogP contribution in [0.4, 0.5) is 5.82 Å². The molecule has 0 aromatic carbocycles. The Morgan fingerprint density at radius 3 is 3.00 bits per heavy atom. The number of hydrogen-bond acceptors (Lipinski definition) is 5. The fourth-order valence-corrected chi connectivity index (χ4v) is 4.08. The molecule has 0 aliphatic heterocycles. The summed E-state index contributed by atoms with van der Waals surface area (Å²) in [6.07, 6.45) is 6.36. The maximum atomic E-state index is 5.20. The minimum absolute atomic E-state index is 0.187. The van der Waals surface area contributed by atoms with Crippen LogP contribution in [0.5, 0.6) is 0 Å². The van der Waals surface area contributed by atoms with Crippen molar-refractivity contribution < 1.29 is 4.74 Å². The average Bonchev–Trinajstić information content (AvgIpc) is 3.03. The lowest BCUT2D eigenvalue weighted by molar-refractivity contribution is 0.157. The van der Waals surface area contributed by atoms with Gasteiger partial charge in [-0.1, -0.05) is 13.8 Å². The summed E-state index contributed by atoms with van der Waals surface area (Å²) in [7, 11) is 1.76. The van der Waals surface area contributed by atoms with Crippen LogP contribution < -0.4 is 5.32 Å². The highest BCUT2D eigenvalue weighted by molar-refractivity contribution is 7.19. The van der Waals surface area contributed by atoms with Gasteiger partial charge in [0.2, 0.25) is 0 Å². The van der Waals surface area contributed by atoms with Crippen LogP contribution in [0.1, 0.15) is 37.1 Å². The molecule has 4 nitrogen and oxygen atoms in total. The molecular weight excluding hydrogens is 282 g/mol. The number of aryl methyl sites for hydroxylation is 2. The van der Waals surface area contributed by atoms with Crippen molar-refractivity contribution in [2.24, 2.45) is 5.41 Å². The molecule has 2 aromatic rings. The summed E-state index contributed by atoms with van der Waals surface area (Å²) in [4.78, 5) is 11.6. The second-order valence-electron chi connectivity index (χ2n) is 6.52. The van der Waals surface area contributed by atoms with Gasteiger partial charge in [-0.2, -0.15) is 0 Å². The number of anilines is 1. The fourth-order valence-electron chi connectivity index (χ4n) is 2.85. The molecule has 1 aliphatic rings. The SMILES string of the molecule is COCCC(C)(C)CNc1ncnc2sc3c(c12)CCC3. The summed E-state index contributed by atoms with van der Waals surface area (Å²) in [5, 5.41) is 4.81. The Morgan fingerprint density at radius 2 is 2.19 bits per heavy atom. The van der Waals surface area contributed by atoms with E-state index in [-0.39, 0.29) is 5.41 Å². The molecule has 0 saturated heterocycles. The first-order valence-electron chi connectivity index (χ1n) is 7.59. The summed E-state index contributed by atoms with van der Waals surface area (Å²) in [6.45, 7) is 6.21. The van der Waals surface area contributed by atoms with Crippen LogP contribution in [0.15, 0.2) is 6.33 Å². The standard InChI is InChI=1S/C16H23N3OS/c1-16(2,7-8-20-3)9-17-14-13-11-5-4-6-12(11)21-15(13)19-10-18-14/h10H,4-9H2,1-3H3,(H,17,18,19). The Balaban J connectivity index is 1.81. The van der Waals surface area contributed by atoms with Crippen molar-refractivity contribution in [1.82, 2.24) is 9.97 Å². The maximum Gasteiger partial charge on any atom is 0.138 e. The van der Waals surface area contributed by atoms with Crippen molar-refractivity contribution in [3.05, 3.63) is 16.8 Å². The first-order valence-corrected chi connectivity index (χ1v) is 8.40. The Kier molecular flexibility index (Phi) is 4.13. The number of nitrogens with one attached hydrogen (secondary N) is 1. The van der Waals surface area contributed by atoms with Gasteiger partial charge in [0.1, 0.15) is 17.0 Å². The van der Waals surface area contributed by atoms with Gasteiger partial charge in [0.05, 0.1) is 5.39 Å². The molecule has 0 spiro atoms. The van der Waals surface area contributed by atoms with Gasteiger partial charge in [-0.3, -0.25) is 0 Å². The molecule has 1 aliphatic carbocycles. The molecule has 0 bridgehead atoms. The molecule has 3 rings (SSSR count). The van der Waals surface area contributed by atoms with E-state index in [9.17, 15) is 0 Å². The molecule has 114 valence electrons. The lowest BCUT2D eigenvalue weighted by Crippen LogP contribution is -2.25. The highest BCUT2D eigenvalue weighted by atomic mass is 32.1. The zero-order valence-electron chi connectivity index (χ0n) is 13.0. The molecule has 21 heavy (non-hydrogen) atoms. The highest BCUT2D eigenvalue weighted by Gasteiger charge is 2.23. The molecular formula is C16H23N3OS. The molecule has 1 N–H and O–H groups in total. The smallest absolute Gasteiger partial charge is 0.138 e. The van der Waals surface area contributed by atoms with Crippen molar-refractivity contribution in [3.63, 3.8) is 0 Å². The van der Waals surface area contributed by atoms with Gasteiger partial charge < -0.3 is 10.1 Å². The van der Waals surface area contributed by atoms with Gasteiger partial charge in [0, 0.05) is 25.1 Å². The third-order valence-electron chi connectivity index (χ3n) is 4.22. The predicted molar refractivity (Wildman–Crippen MR) is 88.2 cm³/mol. The van der Waals surface area contributed by atoms with Crippen LogP contribution in [0, 0.1) is 5.41 Å². The molecule has 0 unspecified atom stereocenters. The molecule has 2 aromatic heterocycles. The molecule has 0 atom stereocenters. The summed E-state index contributed by atoms with van der Waals surface area (Å²) in [5.41, 5.74) is 1.67.